The second-order valence-electron chi connectivity index (χ2n) is 5.42. The van der Waals surface area contributed by atoms with E-state index in [0.717, 1.165) is 46.5 Å². The fraction of sp³-hybridized carbons (Fsp3) is 0.421. The zero-order chi connectivity index (χ0) is 26.1. The summed E-state index contributed by atoms with van der Waals surface area (Å²) in [6, 6.07) is 7.74. The summed E-state index contributed by atoms with van der Waals surface area (Å²) >= 11 is 3.09. The summed E-state index contributed by atoms with van der Waals surface area (Å²) < 4.78 is 0. The topological polar surface area (TPSA) is 216 Å². The smallest absolute Gasteiger partial charge is 0.300 e. The van der Waals surface area contributed by atoms with Gasteiger partial charge in [-0.1, -0.05) is 28.1 Å². The molecule has 12 nitrogen and oxygen atoms in total. The van der Waals surface area contributed by atoms with Crippen LogP contribution in [0.25, 0.3) is 0 Å². The molecular weight excluding hydrogens is 494 g/mol. The number of amides is 1. The second-order valence-corrected chi connectivity index (χ2v) is 5.98. The predicted octanol–water partition coefficient (Wildman–Crippen LogP) is 1.43. The molecule has 1 aromatic carbocycles. The van der Waals surface area contributed by atoms with Crippen molar-refractivity contribution in [1.29, 1.82) is 0 Å². The van der Waals surface area contributed by atoms with Crippen LogP contribution in [0.1, 0.15) is 33.3 Å². The minimum Gasteiger partial charge on any atom is -0.481 e. The number of aliphatic carboxylic acids is 4. The lowest BCUT2D eigenvalue weighted by molar-refractivity contribution is -0.135. The molecule has 1 amide bonds. The number of anilines is 1. The molecule has 32 heavy (non-hydrogen) atoms. The van der Waals surface area contributed by atoms with Gasteiger partial charge in [0.15, 0.2) is 0 Å². The third kappa shape index (κ3) is 56.3. The van der Waals surface area contributed by atoms with Crippen molar-refractivity contribution in [3.05, 3.63) is 29.8 Å². The minimum atomic E-state index is -0.833. The Bertz CT molecular complexity index is 605. The summed E-state index contributed by atoms with van der Waals surface area (Å²) in [5.41, 5.74) is 7.36. The molecule has 1 aromatic rings. The Morgan fingerprint density at radius 1 is 0.812 bits per heavy atom. The number of hydrogen-bond donors (Lipinski definition) is 7. The first-order valence-corrected chi connectivity index (χ1v) is 9.95. The Kier molecular flexibility index (Phi) is 29.5. The van der Waals surface area contributed by atoms with Gasteiger partial charge in [-0.25, -0.2) is 0 Å². The lowest BCUT2D eigenvalue weighted by atomic mass is 10.2. The molecule has 0 radical (unpaired) electrons. The number of carboxylic acid groups (broad SMARTS) is 4. The van der Waals surface area contributed by atoms with Gasteiger partial charge in [-0.2, -0.15) is 0 Å². The highest BCUT2D eigenvalue weighted by Gasteiger charge is 1.99. The molecule has 0 atom stereocenters. The summed E-state index contributed by atoms with van der Waals surface area (Å²) in [4.78, 5) is 47.1. The SMILES string of the molecule is CC(=O)O.CC(=O)O.CC(=O)O.CC(=O)O.NCCNCc1ccc(NC(=O)CBr)cc1. The number of hydrogen-bond acceptors (Lipinski definition) is 7. The van der Waals surface area contributed by atoms with E-state index in [1.807, 2.05) is 24.3 Å². The Labute approximate surface area is 194 Å². The highest BCUT2D eigenvalue weighted by atomic mass is 79.9. The number of nitrogens with two attached hydrogens (primary N) is 1. The lowest BCUT2D eigenvalue weighted by Crippen LogP contribution is -2.21. The number of nitrogens with one attached hydrogen (secondary N) is 2. The van der Waals surface area contributed by atoms with Crippen molar-refractivity contribution in [1.82, 2.24) is 5.32 Å². The molecule has 8 N–H and O–H groups in total. The van der Waals surface area contributed by atoms with E-state index in [1.54, 1.807) is 0 Å². The first kappa shape index (κ1) is 36.3. The van der Waals surface area contributed by atoms with Crippen LogP contribution < -0.4 is 16.4 Å². The van der Waals surface area contributed by atoms with Gasteiger partial charge in [0.1, 0.15) is 0 Å². The molecule has 0 aliphatic carbocycles. The fourth-order valence-electron chi connectivity index (χ4n) is 1.24. The van der Waals surface area contributed by atoms with Crippen molar-refractivity contribution in [2.75, 3.05) is 23.7 Å². The summed E-state index contributed by atoms with van der Waals surface area (Å²) in [6.45, 7) is 6.57. The third-order valence-corrected chi connectivity index (χ3v) is 2.52. The maximum atomic E-state index is 11.1. The van der Waals surface area contributed by atoms with E-state index < -0.39 is 23.9 Å². The molecule has 0 bridgehead atoms. The van der Waals surface area contributed by atoms with Gasteiger partial charge in [0.2, 0.25) is 5.91 Å². The number of benzene rings is 1. The van der Waals surface area contributed by atoms with Crippen LogP contribution in [0.4, 0.5) is 5.69 Å². The van der Waals surface area contributed by atoms with Gasteiger partial charge in [-0.05, 0) is 17.7 Å². The van der Waals surface area contributed by atoms with Crippen molar-refractivity contribution >= 4 is 51.4 Å². The molecule has 0 heterocycles. The Balaban J connectivity index is -0.000000200. The predicted molar refractivity (Wildman–Crippen MR) is 123 cm³/mol. The Morgan fingerprint density at radius 3 is 1.44 bits per heavy atom. The number of carbonyl (C=O) groups excluding carboxylic acids is 1. The summed E-state index contributed by atoms with van der Waals surface area (Å²) in [7, 11) is 0. The number of rotatable bonds is 6. The normalized spacial score (nSPS) is 8.19. The average molecular weight is 526 g/mol. The fourth-order valence-corrected chi connectivity index (χ4v) is 1.38. The number of halogens is 1. The van der Waals surface area contributed by atoms with E-state index in [-0.39, 0.29) is 5.91 Å². The van der Waals surface area contributed by atoms with Crippen LogP contribution in [0.2, 0.25) is 0 Å². The van der Waals surface area contributed by atoms with Crippen LogP contribution in [0, 0.1) is 0 Å². The van der Waals surface area contributed by atoms with Crippen molar-refractivity contribution < 1.29 is 44.4 Å². The number of carbonyl (C=O) groups is 5. The van der Waals surface area contributed by atoms with Crippen LogP contribution in [0.5, 0.6) is 0 Å². The Hall–Kier alpha value is -3.03. The van der Waals surface area contributed by atoms with Crippen molar-refractivity contribution in [3.63, 3.8) is 0 Å². The second kappa shape index (κ2) is 26.0. The molecule has 0 aliphatic rings. The van der Waals surface area contributed by atoms with E-state index in [0.29, 0.717) is 11.9 Å². The van der Waals surface area contributed by atoms with Crippen LogP contribution in [0.3, 0.4) is 0 Å². The molecule has 0 aliphatic heterocycles. The van der Waals surface area contributed by atoms with Crippen LogP contribution >= 0.6 is 15.9 Å². The molecular formula is C19H32BrN3O9. The van der Waals surface area contributed by atoms with E-state index >= 15 is 0 Å². The van der Waals surface area contributed by atoms with Crippen LogP contribution in [0.15, 0.2) is 24.3 Å². The molecule has 184 valence electrons. The van der Waals surface area contributed by atoms with E-state index in [2.05, 4.69) is 26.6 Å². The molecule has 0 aromatic heterocycles. The van der Waals surface area contributed by atoms with E-state index in [4.69, 9.17) is 45.3 Å². The summed E-state index contributed by atoms with van der Waals surface area (Å²) in [6.07, 6.45) is 0. The van der Waals surface area contributed by atoms with E-state index in [9.17, 15) is 4.79 Å². The minimum absolute atomic E-state index is 0.0472. The standard InChI is InChI=1S/C11H16BrN3O.4C2H4O2/c12-7-11(16)15-10-3-1-9(2-4-10)8-14-6-5-13;4*1-2(3)4/h1-4,14H,5-8,13H2,(H,15,16);4*1H3,(H,3,4). The number of carboxylic acids is 4. The highest BCUT2D eigenvalue weighted by Crippen LogP contribution is 2.09. The first-order chi connectivity index (χ1) is 14.7. The molecule has 1 rings (SSSR count). The molecule has 0 unspecified atom stereocenters. The summed E-state index contributed by atoms with van der Waals surface area (Å²) in [5.74, 6) is -3.38. The first-order valence-electron chi connectivity index (χ1n) is 8.83. The molecule has 0 spiro atoms. The number of alkyl halides is 1. The van der Waals surface area contributed by atoms with Gasteiger partial charge < -0.3 is 36.8 Å². The molecule has 0 saturated carbocycles. The van der Waals surface area contributed by atoms with Gasteiger partial charge in [-0.15, -0.1) is 0 Å². The quantitative estimate of drug-likeness (QED) is 0.208. The average Bonchev–Trinajstić information content (AvgIpc) is 2.61. The monoisotopic (exact) mass is 525 g/mol. The van der Waals surface area contributed by atoms with Crippen LogP contribution in [-0.2, 0) is 30.5 Å². The van der Waals surface area contributed by atoms with Gasteiger partial charge in [0.25, 0.3) is 23.9 Å². The largest absolute Gasteiger partial charge is 0.481 e. The maximum absolute atomic E-state index is 11.1. The van der Waals surface area contributed by atoms with Crippen molar-refractivity contribution in [2.45, 2.75) is 34.2 Å². The van der Waals surface area contributed by atoms with Gasteiger partial charge in [0.05, 0.1) is 5.33 Å². The summed E-state index contributed by atoms with van der Waals surface area (Å²) in [5, 5.41) is 35.9. The molecule has 13 heteroatoms. The zero-order valence-electron chi connectivity index (χ0n) is 18.4. The molecule has 0 fully saturated rings. The molecule has 0 saturated heterocycles. The van der Waals surface area contributed by atoms with E-state index in [1.165, 1.54) is 5.56 Å². The van der Waals surface area contributed by atoms with Gasteiger partial charge in [-0.3, -0.25) is 24.0 Å². The third-order valence-electron chi connectivity index (χ3n) is 2.01. The lowest BCUT2D eigenvalue weighted by Gasteiger charge is -2.06. The zero-order valence-corrected chi connectivity index (χ0v) is 20.0. The maximum Gasteiger partial charge on any atom is 0.300 e. The van der Waals surface area contributed by atoms with Crippen LogP contribution in [-0.4, -0.2) is 68.6 Å². The van der Waals surface area contributed by atoms with Gasteiger partial charge >= 0.3 is 0 Å². The Morgan fingerprint density at radius 2 is 1.16 bits per heavy atom. The highest BCUT2D eigenvalue weighted by molar-refractivity contribution is 9.09. The van der Waals surface area contributed by atoms with Crippen molar-refractivity contribution in [3.8, 4) is 0 Å². The van der Waals surface area contributed by atoms with Gasteiger partial charge in [0, 0.05) is 53.0 Å². The van der Waals surface area contributed by atoms with Crippen molar-refractivity contribution in [2.24, 2.45) is 5.73 Å².